The number of hydrogen-bond donors (Lipinski definition) is 2. The van der Waals surface area contributed by atoms with E-state index in [9.17, 15) is 9.90 Å². The molecule has 5 nitrogen and oxygen atoms in total. The first-order valence-corrected chi connectivity index (χ1v) is 9.43. The number of carbonyl (C=O) groups excluding carboxylic acids is 1. The molecule has 1 aliphatic rings. The Bertz CT molecular complexity index is 531. The van der Waals surface area contributed by atoms with E-state index in [1.807, 2.05) is 6.92 Å². The molecule has 1 saturated heterocycles. The van der Waals surface area contributed by atoms with Gasteiger partial charge in [0.2, 0.25) is 0 Å². The van der Waals surface area contributed by atoms with Crippen LogP contribution in [-0.4, -0.2) is 52.7 Å². The quantitative estimate of drug-likeness (QED) is 0.797. The van der Waals surface area contributed by atoms with Crippen LogP contribution < -0.4 is 5.32 Å². The van der Waals surface area contributed by atoms with Crippen molar-refractivity contribution >= 4 is 6.03 Å². The molecule has 2 rings (SSSR count). The summed E-state index contributed by atoms with van der Waals surface area (Å²) in [6, 6.07) is 8.36. The fraction of sp³-hybridized carbons (Fsp3) is 0.650. The van der Waals surface area contributed by atoms with E-state index in [1.54, 1.807) is 18.7 Å². The molecule has 25 heavy (non-hydrogen) atoms. The molecule has 1 heterocycles. The van der Waals surface area contributed by atoms with Crippen molar-refractivity contribution in [2.24, 2.45) is 0 Å². The summed E-state index contributed by atoms with van der Waals surface area (Å²) in [5.41, 5.74) is 1.54. The second kappa shape index (κ2) is 9.20. The fourth-order valence-corrected chi connectivity index (χ4v) is 3.22. The monoisotopic (exact) mass is 347 g/mol. The maximum Gasteiger partial charge on any atom is 0.317 e. The number of aliphatic hydroxyl groups is 1. The molecular weight excluding hydrogens is 314 g/mol. The van der Waals surface area contributed by atoms with Crippen LogP contribution >= 0.6 is 0 Å². The van der Waals surface area contributed by atoms with Crippen molar-refractivity contribution in [1.82, 2.24) is 15.1 Å². The van der Waals surface area contributed by atoms with Crippen LogP contribution in [0.25, 0.3) is 0 Å². The van der Waals surface area contributed by atoms with Gasteiger partial charge in [0, 0.05) is 19.6 Å². The molecule has 1 aromatic carbocycles. The van der Waals surface area contributed by atoms with Crippen LogP contribution in [0.2, 0.25) is 0 Å². The highest BCUT2D eigenvalue weighted by Gasteiger charge is 2.20. The van der Waals surface area contributed by atoms with Crippen molar-refractivity contribution in [1.29, 1.82) is 0 Å². The number of urea groups is 1. The lowest BCUT2D eigenvalue weighted by molar-refractivity contribution is 0.0480. The van der Waals surface area contributed by atoms with Gasteiger partial charge in [-0.2, -0.15) is 0 Å². The van der Waals surface area contributed by atoms with Crippen molar-refractivity contribution < 1.29 is 9.90 Å². The number of likely N-dealkylation sites (N-methyl/N-ethyl adjacent to an activating group) is 1. The predicted octanol–water partition coefficient (Wildman–Crippen LogP) is 2.97. The van der Waals surface area contributed by atoms with Gasteiger partial charge in [-0.3, -0.25) is 4.90 Å². The minimum Gasteiger partial charge on any atom is -0.389 e. The van der Waals surface area contributed by atoms with Crippen molar-refractivity contribution in [2.45, 2.75) is 58.7 Å². The third-order valence-electron chi connectivity index (χ3n) is 4.57. The smallest absolute Gasteiger partial charge is 0.317 e. The average molecular weight is 348 g/mol. The zero-order chi connectivity index (χ0) is 18.3. The van der Waals surface area contributed by atoms with Crippen LogP contribution in [0.1, 0.15) is 51.2 Å². The largest absolute Gasteiger partial charge is 0.389 e. The zero-order valence-electron chi connectivity index (χ0n) is 15.9. The maximum atomic E-state index is 12.3. The van der Waals surface area contributed by atoms with Gasteiger partial charge in [0.05, 0.1) is 12.1 Å². The molecule has 0 spiro atoms. The first-order valence-electron chi connectivity index (χ1n) is 9.43. The van der Waals surface area contributed by atoms with Crippen molar-refractivity contribution in [2.75, 3.05) is 26.2 Å². The number of rotatable bonds is 7. The molecule has 0 radical (unpaired) electrons. The molecule has 0 aromatic heterocycles. The van der Waals surface area contributed by atoms with Crippen LogP contribution in [0.15, 0.2) is 24.3 Å². The lowest BCUT2D eigenvalue weighted by Gasteiger charge is -2.28. The van der Waals surface area contributed by atoms with Gasteiger partial charge >= 0.3 is 6.03 Å². The molecule has 1 fully saturated rings. The van der Waals surface area contributed by atoms with E-state index < -0.39 is 5.60 Å². The van der Waals surface area contributed by atoms with Crippen LogP contribution in [-0.2, 0) is 13.1 Å². The molecule has 1 aromatic rings. The lowest BCUT2D eigenvalue weighted by Crippen LogP contribution is -2.46. The van der Waals surface area contributed by atoms with E-state index in [4.69, 9.17) is 0 Å². The summed E-state index contributed by atoms with van der Waals surface area (Å²) in [5, 5.41) is 12.8. The summed E-state index contributed by atoms with van der Waals surface area (Å²) in [6.45, 7) is 10.2. The molecule has 0 aliphatic carbocycles. The Morgan fingerprint density at radius 3 is 2.32 bits per heavy atom. The van der Waals surface area contributed by atoms with Crippen molar-refractivity contribution in [3.8, 4) is 0 Å². The number of benzene rings is 1. The Hall–Kier alpha value is -1.59. The van der Waals surface area contributed by atoms with Crippen LogP contribution in [0.3, 0.4) is 0 Å². The normalized spacial score (nSPS) is 15.8. The number of nitrogens with one attached hydrogen (secondary N) is 1. The van der Waals surface area contributed by atoms with Crippen LogP contribution in [0.4, 0.5) is 4.79 Å². The molecule has 2 amide bonds. The van der Waals surface area contributed by atoms with Gasteiger partial charge in [-0.25, -0.2) is 4.79 Å². The Morgan fingerprint density at radius 1 is 1.16 bits per heavy atom. The number of amides is 2. The summed E-state index contributed by atoms with van der Waals surface area (Å²) in [7, 11) is 0. The van der Waals surface area contributed by atoms with E-state index >= 15 is 0 Å². The first kappa shape index (κ1) is 19.7. The topological polar surface area (TPSA) is 55.8 Å². The van der Waals surface area contributed by atoms with E-state index in [0.717, 1.165) is 12.1 Å². The number of nitrogens with zero attached hydrogens (tertiary/aromatic N) is 2. The number of likely N-dealkylation sites (tertiary alicyclic amines) is 1. The molecule has 2 N–H and O–H groups in total. The summed E-state index contributed by atoms with van der Waals surface area (Å²) >= 11 is 0. The minimum absolute atomic E-state index is 0.137. The molecule has 0 saturated carbocycles. The van der Waals surface area contributed by atoms with Crippen molar-refractivity contribution in [3.05, 3.63) is 35.4 Å². The predicted molar refractivity (Wildman–Crippen MR) is 101 cm³/mol. The van der Waals surface area contributed by atoms with Gasteiger partial charge < -0.3 is 15.3 Å². The third-order valence-corrected chi connectivity index (χ3v) is 4.57. The van der Waals surface area contributed by atoms with Gasteiger partial charge in [-0.15, -0.1) is 0 Å². The molecule has 140 valence electrons. The highest BCUT2D eigenvalue weighted by Crippen LogP contribution is 2.13. The number of piperidine rings is 1. The Kier molecular flexibility index (Phi) is 7.26. The molecule has 5 heteroatoms. The van der Waals surface area contributed by atoms with Gasteiger partial charge in [-0.1, -0.05) is 30.7 Å². The summed E-state index contributed by atoms with van der Waals surface area (Å²) < 4.78 is 0. The van der Waals surface area contributed by atoms with E-state index in [2.05, 4.69) is 34.5 Å². The van der Waals surface area contributed by atoms with Gasteiger partial charge in [0.25, 0.3) is 0 Å². The molecule has 1 aliphatic heterocycles. The molecule has 0 atom stereocenters. The van der Waals surface area contributed by atoms with Gasteiger partial charge in [-0.05, 0) is 57.8 Å². The molecule has 0 unspecified atom stereocenters. The second-order valence-corrected chi connectivity index (χ2v) is 7.64. The third kappa shape index (κ3) is 7.04. The molecule has 0 bridgehead atoms. The van der Waals surface area contributed by atoms with E-state index in [1.165, 1.54) is 37.9 Å². The van der Waals surface area contributed by atoms with E-state index in [-0.39, 0.29) is 6.03 Å². The van der Waals surface area contributed by atoms with Crippen molar-refractivity contribution in [3.63, 3.8) is 0 Å². The summed E-state index contributed by atoms with van der Waals surface area (Å²) in [4.78, 5) is 16.4. The number of carbonyl (C=O) groups is 1. The van der Waals surface area contributed by atoms with Crippen LogP contribution in [0.5, 0.6) is 0 Å². The average Bonchev–Trinajstić information content (AvgIpc) is 2.59. The molecular formula is C20H33N3O2. The second-order valence-electron chi connectivity index (χ2n) is 7.64. The van der Waals surface area contributed by atoms with Gasteiger partial charge in [0.1, 0.15) is 0 Å². The maximum absolute atomic E-state index is 12.3. The highest BCUT2D eigenvalue weighted by molar-refractivity contribution is 5.74. The standard InChI is InChI=1S/C20H33N3O2/c1-4-23(16-20(2,3)25)19(24)21-14-17-8-10-18(11-9-17)15-22-12-6-5-7-13-22/h8-11,25H,4-7,12-16H2,1-3H3,(H,21,24). The van der Waals surface area contributed by atoms with Gasteiger partial charge in [0.15, 0.2) is 0 Å². The summed E-state index contributed by atoms with van der Waals surface area (Å²) in [5.74, 6) is 0. The minimum atomic E-state index is -0.885. The Morgan fingerprint density at radius 2 is 1.76 bits per heavy atom. The summed E-state index contributed by atoms with van der Waals surface area (Å²) in [6.07, 6.45) is 3.97. The van der Waals surface area contributed by atoms with E-state index in [0.29, 0.717) is 19.6 Å². The zero-order valence-corrected chi connectivity index (χ0v) is 15.9. The lowest BCUT2D eigenvalue weighted by atomic mass is 10.1. The number of hydrogen-bond acceptors (Lipinski definition) is 3. The Labute approximate surface area is 152 Å². The SMILES string of the molecule is CCN(CC(C)(C)O)C(=O)NCc1ccc(CN2CCCCC2)cc1. The Balaban J connectivity index is 1.81. The highest BCUT2D eigenvalue weighted by atomic mass is 16.3. The first-order chi connectivity index (χ1) is 11.9. The van der Waals surface area contributed by atoms with Crippen LogP contribution in [0, 0.1) is 0 Å². The fourth-order valence-electron chi connectivity index (χ4n) is 3.22.